The Kier molecular flexibility index (Phi) is 6.22. The van der Waals surface area contributed by atoms with Crippen LogP contribution in [0.3, 0.4) is 0 Å². The molecule has 23 heavy (non-hydrogen) atoms. The predicted octanol–water partition coefficient (Wildman–Crippen LogP) is 2.93. The average molecular weight is 333 g/mol. The zero-order valence-corrected chi connectivity index (χ0v) is 13.5. The minimum Gasteiger partial charge on any atom is -0.360 e. The van der Waals surface area contributed by atoms with Crippen LogP contribution in [0.5, 0.6) is 0 Å². The first-order chi connectivity index (χ1) is 11.0. The molecule has 1 aliphatic carbocycles. The van der Waals surface area contributed by atoms with E-state index in [9.17, 15) is 14.9 Å². The molecular formula is C16H19N3O3S. The predicted molar refractivity (Wildman–Crippen MR) is 92.9 cm³/mol. The Bertz CT molecular complexity index is 608. The van der Waals surface area contributed by atoms with E-state index in [1.807, 2.05) is 0 Å². The van der Waals surface area contributed by atoms with Gasteiger partial charge >= 0.3 is 0 Å². The minimum atomic E-state index is -0.463. The largest absolute Gasteiger partial charge is 0.360 e. The number of hydrogen-bond donors (Lipinski definition) is 2. The van der Waals surface area contributed by atoms with E-state index in [0.717, 1.165) is 12.8 Å². The Balaban J connectivity index is 1.81. The number of rotatable bonds is 4. The summed E-state index contributed by atoms with van der Waals surface area (Å²) in [5.74, 6) is -0.323. The van der Waals surface area contributed by atoms with Crippen molar-refractivity contribution in [2.24, 2.45) is 0 Å². The SMILES string of the molecule is O=C(/C=C/c1ccc([N+](=O)[O-])cc1)NC(=S)NC1CCCCC1. The maximum absolute atomic E-state index is 11.8. The molecule has 0 heterocycles. The van der Waals surface area contributed by atoms with Gasteiger partial charge in [0, 0.05) is 24.3 Å². The second kappa shape index (κ2) is 8.38. The lowest BCUT2D eigenvalue weighted by Crippen LogP contribution is -2.44. The fourth-order valence-electron chi connectivity index (χ4n) is 2.50. The minimum absolute atomic E-state index is 0.0180. The molecule has 0 spiro atoms. The molecule has 0 aromatic heterocycles. The van der Waals surface area contributed by atoms with E-state index in [1.165, 1.54) is 37.5 Å². The van der Waals surface area contributed by atoms with E-state index < -0.39 is 4.92 Å². The number of nitro benzene ring substituents is 1. The van der Waals surface area contributed by atoms with Crippen molar-refractivity contribution in [2.45, 2.75) is 38.1 Å². The normalized spacial score (nSPS) is 15.3. The van der Waals surface area contributed by atoms with E-state index in [4.69, 9.17) is 12.2 Å². The number of carbonyl (C=O) groups is 1. The first kappa shape index (κ1) is 17.1. The van der Waals surface area contributed by atoms with Gasteiger partial charge in [-0.15, -0.1) is 0 Å². The number of nitro groups is 1. The number of amides is 1. The Morgan fingerprint density at radius 3 is 2.48 bits per heavy atom. The molecule has 1 aromatic rings. The van der Waals surface area contributed by atoms with E-state index in [1.54, 1.807) is 18.2 Å². The van der Waals surface area contributed by atoms with Gasteiger partial charge in [-0.1, -0.05) is 19.3 Å². The molecule has 0 saturated heterocycles. The van der Waals surface area contributed by atoms with Gasteiger partial charge < -0.3 is 5.32 Å². The highest BCUT2D eigenvalue weighted by atomic mass is 32.1. The molecule has 1 aromatic carbocycles. The van der Waals surface area contributed by atoms with Crippen molar-refractivity contribution in [3.8, 4) is 0 Å². The van der Waals surface area contributed by atoms with Crippen LogP contribution in [-0.4, -0.2) is 22.0 Å². The highest BCUT2D eigenvalue weighted by Crippen LogP contribution is 2.17. The van der Waals surface area contributed by atoms with Crippen molar-refractivity contribution < 1.29 is 9.72 Å². The lowest BCUT2D eigenvalue weighted by atomic mass is 9.96. The Labute approximate surface area is 140 Å². The van der Waals surface area contributed by atoms with Crippen LogP contribution in [-0.2, 0) is 4.79 Å². The molecule has 2 N–H and O–H groups in total. The molecule has 0 bridgehead atoms. The Hall–Kier alpha value is -2.28. The monoisotopic (exact) mass is 333 g/mol. The van der Waals surface area contributed by atoms with Crippen molar-refractivity contribution >= 4 is 35.0 Å². The lowest BCUT2D eigenvalue weighted by Gasteiger charge is -2.23. The number of nitrogens with zero attached hydrogens (tertiary/aromatic N) is 1. The molecule has 1 amide bonds. The summed E-state index contributed by atoms with van der Waals surface area (Å²) in [6.45, 7) is 0. The number of hydrogen-bond acceptors (Lipinski definition) is 4. The maximum Gasteiger partial charge on any atom is 0.269 e. The van der Waals surface area contributed by atoms with Gasteiger partial charge in [-0.3, -0.25) is 20.2 Å². The fourth-order valence-corrected chi connectivity index (χ4v) is 2.77. The number of thiocarbonyl (C=S) groups is 1. The van der Waals surface area contributed by atoms with E-state index >= 15 is 0 Å². The van der Waals surface area contributed by atoms with Crippen molar-refractivity contribution in [1.82, 2.24) is 10.6 Å². The standard InChI is InChI=1S/C16H19N3O3S/c20-15(18-16(23)17-13-4-2-1-3-5-13)11-8-12-6-9-14(10-7-12)19(21)22/h6-11,13H,1-5H2,(H2,17,18,20,23)/b11-8+. The van der Waals surface area contributed by atoms with Crippen LogP contribution in [0.2, 0.25) is 0 Å². The summed E-state index contributed by atoms with van der Waals surface area (Å²) in [6.07, 6.45) is 8.74. The van der Waals surface area contributed by atoms with Crippen molar-refractivity contribution in [2.75, 3.05) is 0 Å². The van der Waals surface area contributed by atoms with Gasteiger partial charge in [0.25, 0.3) is 5.69 Å². The van der Waals surface area contributed by atoms with Gasteiger partial charge in [0.15, 0.2) is 5.11 Å². The topological polar surface area (TPSA) is 84.3 Å². The second-order valence-corrected chi connectivity index (χ2v) is 5.89. The third kappa shape index (κ3) is 5.78. The molecule has 0 unspecified atom stereocenters. The number of non-ortho nitro benzene ring substituents is 1. The summed E-state index contributed by atoms with van der Waals surface area (Å²) in [7, 11) is 0. The van der Waals surface area contributed by atoms with Gasteiger partial charge in [-0.2, -0.15) is 0 Å². The summed E-state index contributed by atoms with van der Waals surface area (Å²) in [5, 5.41) is 16.7. The fraction of sp³-hybridized carbons (Fsp3) is 0.375. The van der Waals surface area contributed by atoms with E-state index in [0.29, 0.717) is 16.7 Å². The van der Waals surface area contributed by atoms with Gasteiger partial charge in [0.05, 0.1) is 4.92 Å². The lowest BCUT2D eigenvalue weighted by molar-refractivity contribution is -0.384. The number of nitrogens with one attached hydrogen (secondary N) is 2. The van der Waals surface area contributed by atoms with Crippen molar-refractivity contribution in [1.29, 1.82) is 0 Å². The summed E-state index contributed by atoms with van der Waals surface area (Å²) in [5.41, 5.74) is 0.723. The first-order valence-electron chi connectivity index (χ1n) is 7.58. The summed E-state index contributed by atoms with van der Waals surface area (Å²) >= 11 is 5.14. The van der Waals surface area contributed by atoms with Gasteiger partial charge in [0.1, 0.15) is 0 Å². The molecule has 1 aliphatic rings. The smallest absolute Gasteiger partial charge is 0.269 e. The third-order valence-corrected chi connectivity index (χ3v) is 3.93. The van der Waals surface area contributed by atoms with Crippen molar-refractivity contribution in [3.05, 3.63) is 46.0 Å². The number of benzene rings is 1. The molecule has 0 radical (unpaired) electrons. The molecular weight excluding hydrogens is 314 g/mol. The Morgan fingerprint density at radius 2 is 1.87 bits per heavy atom. The van der Waals surface area contributed by atoms with Crippen LogP contribution in [0.15, 0.2) is 30.3 Å². The van der Waals surface area contributed by atoms with Crippen LogP contribution in [0.25, 0.3) is 6.08 Å². The number of carbonyl (C=O) groups excluding carboxylic acids is 1. The molecule has 1 saturated carbocycles. The molecule has 6 nitrogen and oxygen atoms in total. The van der Waals surface area contributed by atoms with E-state index in [-0.39, 0.29) is 11.6 Å². The molecule has 2 rings (SSSR count). The van der Waals surface area contributed by atoms with Gasteiger partial charge in [0.2, 0.25) is 5.91 Å². The molecule has 1 fully saturated rings. The third-order valence-electron chi connectivity index (χ3n) is 3.71. The first-order valence-corrected chi connectivity index (χ1v) is 7.99. The summed E-state index contributed by atoms with van der Waals surface area (Å²) in [4.78, 5) is 21.9. The summed E-state index contributed by atoms with van der Waals surface area (Å²) in [6, 6.07) is 6.30. The van der Waals surface area contributed by atoms with E-state index in [2.05, 4.69) is 10.6 Å². The highest BCUT2D eigenvalue weighted by molar-refractivity contribution is 7.80. The van der Waals surface area contributed by atoms with Crippen LogP contribution < -0.4 is 10.6 Å². The zero-order valence-electron chi connectivity index (χ0n) is 12.7. The molecule has 7 heteroatoms. The zero-order chi connectivity index (χ0) is 16.7. The Morgan fingerprint density at radius 1 is 1.22 bits per heavy atom. The van der Waals surface area contributed by atoms with Crippen LogP contribution in [0, 0.1) is 10.1 Å². The highest BCUT2D eigenvalue weighted by Gasteiger charge is 2.14. The molecule has 0 atom stereocenters. The van der Waals surface area contributed by atoms with Gasteiger partial charge in [-0.05, 0) is 48.8 Å². The summed E-state index contributed by atoms with van der Waals surface area (Å²) < 4.78 is 0. The second-order valence-electron chi connectivity index (χ2n) is 5.48. The van der Waals surface area contributed by atoms with Gasteiger partial charge in [-0.25, -0.2) is 0 Å². The van der Waals surface area contributed by atoms with Crippen LogP contribution in [0.1, 0.15) is 37.7 Å². The molecule has 122 valence electrons. The maximum atomic E-state index is 11.8. The quantitative estimate of drug-likeness (QED) is 0.383. The molecule has 0 aliphatic heterocycles. The average Bonchev–Trinajstić information content (AvgIpc) is 2.54. The van der Waals surface area contributed by atoms with Crippen LogP contribution in [0.4, 0.5) is 5.69 Å². The van der Waals surface area contributed by atoms with Crippen molar-refractivity contribution in [3.63, 3.8) is 0 Å². The van der Waals surface area contributed by atoms with Crippen LogP contribution >= 0.6 is 12.2 Å².